The number of thiol groups is 1. The Kier molecular flexibility index (Phi) is 6.41. The molecular formula is C10H17NO6P2S. The number of hydrogen-bond donors (Lipinski definition) is 5. The van der Waals surface area contributed by atoms with Crippen LogP contribution >= 0.6 is 27.8 Å². The van der Waals surface area contributed by atoms with Crippen molar-refractivity contribution in [1.29, 1.82) is 0 Å². The summed E-state index contributed by atoms with van der Waals surface area (Å²) in [5.41, 5.74) is 0.394. The molecule has 114 valence electrons. The second kappa shape index (κ2) is 7.18. The maximum absolute atomic E-state index is 11.5. The molecule has 0 spiro atoms. The van der Waals surface area contributed by atoms with Crippen LogP contribution in [0.15, 0.2) is 24.5 Å². The monoisotopic (exact) mass is 341 g/mol. The fourth-order valence-electron chi connectivity index (χ4n) is 2.06. The van der Waals surface area contributed by atoms with E-state index in [2.05, 4.69) is 17.6 Å². The summed E-state index contributed by atoms with van der Waals surface area (Å²) in [5, 5.41) is -2.06. The van der Waals surface area contributed by atoms with E-state index in [9.17, 15) is 28.7 Å². The van der Waals surface area contributed by atoms with Gasteiger partial charge in [0.2, 0.25) is 0 Å². The Balaban J connectivity index is 3.26. The Labute approximate surface area is 122 Å². The van der Waals surface area contributed by atoms with E-state index in [1.54, 1.807) is 12.1 Å². The van der Waals surface area contributed by atoms with Gasteiger partial charge in [-0.05, 0) is 30.2 Å². The average molecular weight is 341 g/mol. The molecular weight excluding hydrogens is 324 g/mol. The molecule has 1 aromatic rings. The maximum Gasteiger partial charge on any atom is 0.341 e. The van der Waals surface area contributed by atoms with Crippen LogP contribution in [-0.2, 0) is 9.13 Å². The van der Waals surface area contributed by atoms with E-state index in [-0.39, 0.29) is 6.42 Å². The van der Waals surface area contributed by atoms with E-state index < -0.39 is 26.5 Å². The van der Waals surface area contributed by atoms with Gasteiger partial charge in [0, 0.05) is 18.3 Å². The Morgan fingerprint density at radius 1 is 1.20 bits per heavy atom. The summed E-state index contributed by atoms with van der Waals surface area (Å²) in [5.74, 6) is -0.524. The molecule has 0 aromatic carbocycles. The first-order chi connectivity index (χ1) is 9.18. The lowest BCUT2D eigenvalue weighted by Gasteiger charge is -2.28. The first-order valence-electron chi connectivity index (χ1n) is 5.79. The van der Waals surface area contributed by atoms with Crippen LogP contribution in [0.1, 0.15) is 24.3 Å². The molecule has 20 heavy (non-hydrogen) atoms. The third-order valence-corrected chi connectivity index (χ3v) is 7.05. The summed E-state index contributed by atoms with van der Waals surface area (Å²) in [6.07, 6.45) is 3.51. The predicted octanol–water partition coefficient (Wildman–Crippen LogP) is 1.56. The van der Waals surface area contributed by atoms with Crippen molar-refractivity contribution in [3.63, 3.8) is 0 Å². The fraction of sp³-hybridized carbons (Fsp3) is 0.500. The van der Waals surface area contributed by atoms with Gasteiger partial charge >= 0.3 is 15.2 Å². The molecule has 1 rings (SSSR count). The molecule has 0 amide bonds. The van der Waals surface area contributed by atoms with Crippen LogP contribution in [0.3, 0.4) is 0 Å². The number of pyridine rings is 1. The van der Waals surface area contributed by atoms with E-state index in [1.807, 2.05) is 0 Å². The standard InChI is InChI=1S/C10H17NO6P2S/c12-18(13,14)10(19(15,16)17)9(4-2-6-20)8-3-1-5-11-7-8/h1,3,5,7,9-10,20H,2,4,6H2,(H2,12,13,14)(H2,15,16,17). The molecule has 0 fully saturated rings. The molecule has 0 aliphatic heterocycles. The topological polar surface area (TPSA) is 128 Å². The highest BCUT2D eigenvalue weighted by Crippen LogP contribution is 2.65. The van der Waals surface area contributed by atoms with Crippen molar-refractivity contribution in [2.75, 3.05) is 5.75 Å². The zero-order valence-electron chi connectivity index (χ0n) is 10.5. The highest BCUT2D eigenvalue weighted by Gasteiger charge is 2.48. The molecule has 1 heterocycles. The van der Waals surface area contributed by atoms with Gasteiger partial charge in [-0.1, -0.05) is 6.07 Å². The Morgan fingerprint density at radius 2 is 1.80 bits per heavy atom. The van der Waals surface area contributed by atoms with Crippen LogP contribution in [0.25, 0.3) is 0 Å². The van der Waals surface area contributed by atoms with Crippen LogP contribution in [0.5, 0.6) is 0 Å². The van der Waals surface area contributed by atoms with Gasteiger partial charge in [0.15, 0.2) is 5.40 Å². The first-order valence-corrected chi connectivity index (χ1v) is 9.78. The van der Waals surface area contributed by atoms with Gasteiger partial charge in [-0.3, -0.25) is 14.1 Å². The van der Waals surface area contributed by atoms with Crippen molar-refractivity contribution in [1.82, 2.24) is 4.98 Å². The normalized spacial score (nSPS) is 14.5. The Morgan fingerprint density at radius 3 is 2.20 bits per heavy atom. The molecule has 0 saturated heterocycles. The molecule has 0 bridgehead atoms. The smallest absolute Gasteiger partial charge is 0.324 e. The highest BCUT2D eigenvalue weighted by molar-refractivity contribution is 7.80. The van der Waals surface area contributed by atoms with Crippen LogP contribution in [0.2, 0.25) is 0 Å². The summed E-state index contributed by atoms with van der Waals surface area (Å²) < 4.78 is 23.0. The summed E-state index contributed by atoms with van der Waals surface area (Å²) in [6.45, 7) is 0. The van der Waals surface area contributed by atoms with Gasteiger partial charge in [0.25, 0.3) is 0 Å². The molecule has 0 aliphatic carbocycles. The molecule has 1 atom stereocenters. The fourth-order valence-corrected chi connectivity index (χ4v) is 5.39. The van der Waals surface area contributed by atoms with Gasteiger partial charge in [-0.2, -0.15) is 12.6 Å². The average Bonchev–Trinajstić information content (AvgIpc) is 2.32. The number of hydrogen-bond acceptors (Lipinski definition) is 4. The molecule has 0 aliphatic rings. The molecule has 10 heteroatoms. The van der Waals surface area contributed by atoms with Gasteiger partial charge < -0.3 is 19.6 Å². The largest absolute Gasteiger partial charge is 0.341 e. The minimum Gasteiger partial charge on any atom is -0.324 e. The van der Waals surface area contributed by atoms with Crippen LogP contribution in [0.4, 0.5) is 0 Å². The quantitative estimate of drug-likeness (QED) is 0.376. The number of rotatable bonds is 7. The van der Waals surface area contributed by atoms with Crippen LogP contribution < -0.4 is 0 Å². The van der Waals surface area contributed by atoms with Crippen molar-refractivity contribution >= 4 is 27.8 Å². The third-order valence-electron chi connectivity index (χ3n) is 2.83. The predicted molar refractivity (Wildman–Crippen MR) is 77.9 cm³/mol. The number of nitrogens with zero attached hydrogens (tertiary/aromatic N) is 1. The van der Waals surface area contributed by atoms with Crippen molar-refractivity contribution in [2.45, 2.75) is 24.2 Å². The lowest BCUT2D eigenvalue weighted by atomic mass is 9.98. The molecule has 0 radical (unpaired) electrons. The molecule has 0 saturated carbocycles. The van der Waals surface area contributed by atoms with Crippen molar-refractivity contribution in [2.24, 2.45) is 0 Å². The van der Waals surface area contributed by atoms with Crippen LogP contribution in [0, 0.1) is 0 Å². The molecule has 1 aromatic heterocycles. The van der Waals surface area contributed by atoms with E-state index >= 15 is 0 Å². The lowest BCUT2D eigenvalue weighted by Crippen LogP contribution is -2.20. The highest BCUT2D eigenvalue weighted by atomic mass is 32.1. The maximum atomic E-state index is 11.5. The zero-order valence-corrected chi connectivity index (χ0v) is 13.2. The van der Waals surface area contributed by atoms with Gasteiger partial charge in [0.1, 0.15) is 0 Å². The minimum atomic E-state index is -4.98. The van der Waals surface area contributed by atoms with Crippen molar-refractivity contribution < 1.29 is 28.7 Å². The zero-order chi connectivity index (χ0) is 15.4. The Hall–Kier alpha value is -0.200. The van der Waals surface area contributed by atoms with E-state index in [0.29, 0.717) is 17.7 Å². The van der Waals surface area contributed by atoms with Crippen molar-refractivity contribution in [3.05, 3.63) is 30.1 Å². The SMILES string of the molecule is O=P(O)(O)C(C(CCCS)c1cccnc1)P(=O)(O)O. The summed E-state index contributed by atoms with van der Waals surface area (Å²) in [4.78, 5) is 41.1. The Bertz CT molecular complexity index is 494. The third kappa shape index (κ3) is 4.97. The minimum absolute atomic E-state index is 0.204. The van der Waals surface area contributed by atoms with Gasteiger partial charge in [-0.25, -0.2) is 0 Å². The van der Waals surface area contributed by atoms with Crippen molar-refractivity contribution in [3.8, 4) is 0 Å². The summed E-state index contributed by atoms with van der Waals surface area (Å²) in [7, 11) is -9.95. The van der Waals surface area contributed by atoms with E-state index in [0.717, 1.165) is 0 Å². The van der Waals surface area contributed by atoms with Crippen LogP contribution in [-0.4, -0.2) is 35.7 Å². The van der Waals surface area contributed by atoms with E-state index in [4.69, 9.17) is 0 Å². The first kappa shape index (κ1) is 17.9. The summed E-state index contributed by atoms with van der Waals surface area (Å²) in [6, 6.07) is 3.11. The summed E-state index contributed by atoms with van der Waals surface area (Å²) >= 11 is 4.02. The second-order valence-corrected chi connectivity index (χ2v) is 8.67. The van der Waals surface area contributed by atoms with Gasteiger partial charge in [-0.15, -0.1) is 0 Å². The number of aromatic nitrogens is 1. The molecule has 4 N–H and O–H groups in total. The molecule has 1 unspecified atom stereocenters. The lowest BCUT2D eigenvalue weighted by molar-refractivity contribution is 0.327. The second-order valence-electron chi connectivity index (χ2n) is 4.35. The van der Waals surface area contributed by atoms with Gasteiger partial charge in [0.05, 0.1) is 0 Å². The van der Waals surface area contributed by atoms with E-state index in [1.165, 1.54) is 12.4 Å². The molecule has 7 nitrogen and oxygen atoms in total.